The van der Waals surface area contributed by atoms with Gasteiger partial charge in [-0.15, -0.1) is 12.4 Å². The van der Waals surface area contributed by atoms with Gasteiger partial charge in [0.25, 0.3) is 0 Å². The van der Waals surface area contributed by atoms with E-state index in [0.717, 1.165) is 11.1 Å². The van der Waals surface area contributed by atoms with E-state index in [9.17, 15) is 9.59 Å². The fourth-order valence-corrected chi connectivity index (χ4v) is 1.91. The maximum Gasteiger partial charge on any atom is 0.246 e. The summed E-state index contributed by atoms with van der Waals surface area (Å²) in [4.78, 5) is 23.7. The molecule has 0 saturated carbocycles. The minimum atomic E-state index is -1.22. The van der Waals surface area contributed by atoms with Crippen LogP contribution in [0, 0.1) is 0 Å². The molecule has 2 amide bonds. The quantitative estimate of drug-likeness (QED) is 0.698. The number of nitrogens with one attached hydrogen (secondary N) is 2. The van der Waals surface area contributed by atoms with Crippen molar-refractivity contribution in [3.05, 3.63) is 71.8 Å². The summed E-state index contributed by atoms with van der Waals surface area (Å²) in [5, 5.41) is 5.31. The van der Waals surface area contributed by atoms with Crippen molar-refractivity contribution in [1.29, 1.82) is 0 Å². The van der Waals surface area contributed by atoms with Crippen LogP contribution in [-0.4, -0.2) is 17.9 Å². The predicted molar refractivity (Wildman–Crippen MR) is 91.8 cm³/mol. The zero-order chi connectivity index (χ0) is 15.8. The van der Waals surface area contributed by atoms with E-state index in [1.54, 1.807) is 0 Å². The van der Waals surface area contributed by atoms with Crippen LogP contribution in [0.2, 0.25) is 0 Å². The van der Waals surface area contributed by atoms with E-state index in [0.29, 0.717) is 13.1 Å². The summed E-state index contributed by atoms with van der Waals surface area (Å²) in [7, 11) is 0. The van der Waals surface area contributed by atoms with Crippen LogP contribution >= 0.6 is 12.4 Å². The third kappa shape index (κ3) is 6.10. The Morgan fingerprint density at radius 1 is 0.783 bits per heavy atom. The van der Waals surface area contributed by atoms with Gasteiger partial charge >= 0.3 is 0 Å². The molecule has 5 nitrogen and oxygen atoms in total. The van der Waals surface area contributed by atoms with Crippen molar-refractivity contribution in [3.63, 3.8) is 0 Å². The summed E-state index contributed by atoms with van der Waals surface area (Å²) in [6.45, 7) is 0.693. The molecule has 0 spiro atoms. The lowest BCUT2D eigenvalue weighted by molar-refractivity contribution is -0.131. The van der Waals surface area contributed by atoms with Crippen LogP contribution in [0.1, 0.15) is 11.1 Å². The number of nitrogens with two attached hydrogens (primary N) is 1. The number of hydrogen-bond donors (Lipinski definition) is 3. The molecule has 122 valence electrons. The molecule has 0 bridgehead atoms. The van der Waals surface area contributed by atoms with E-state index in [1.165, 1.54) is 0 Å². The molecule has 0 aliphatic carbocycles. The van der Waals surface area contributed by atoms with E-state index in [2.05, 4.69) is 10.6 Å². The third-order valence-electron chi connectivity index (χ3n) is 3.18. The summed E-state index contributed by atoms with van der Waals surface area (Å²) in [5.41, 5.74) is 7.57. The largest absolute Gasteiger partial charge is 0.350 e. The van der Waals surface area contributed by atoms with Gasteiger partial charge in [-0.1, -0.05) is 60.7 Å². The molecule has 0 aliphatic rings. The lowest BCUT2D eigenvalue weighted by Gasteiger charge is -2.12. The molecular formula is C17H20ClN3O2. The van der Waals surface area contributed by atoms with Gasteiger partial charge in [-0.25, -0.2) is 0 Å². The van der Waals surface area contributed by atoms with Gasteiger partial charge < -0.3 is 16.4 Å². The molecular weight excluding hydrogens is 314 g/mol. The Labute approximate surface area is 141 Å². The van der Waals surface area contributed by atoms with Crippen LogP contribution in [-0.2, 0) is 22.7 Å². The Bertz CT molecular complexity index is 565. The molecule has 2 aromatic rings. The van der Waals surface area contributed by atoms with Crippen LogP contribution in [0.3, 0.4) is 0 Å². The van der Waals surface area contributed by atoms with Gasteiger partial charge in [0.1, 0.15) is 0 Å². The molecule has 0 atom stereocenters. The molecule has 4 N–H and O–H groups in total. The van der Waals surface area contributed by atoms with Gasteiger partial charge in [0, 0.05) is 13.1 Å². The highest BCUT2D eigenvalue weighted by molar-refractivity contribution is 6.04. The van der Waals surface area contributed by atoms with E-state index in [-0.39, 0.29) is 12.4 Å². The minimum Gasteiger partial charge on any atom is -0.350 e. The lowest BCUT2D eigenvalue weighted by atomic mass is 10.2. The summed E-state index contributed by atoms with van der Waals surface area (Å²) in [5.74, 6) is -0.983. The Morgan fingerprint density at radius 2 is 1.13 bits per heavy atom. The van der Waals surface area contributed by atoms with Gasteiger partial charge in [-0.3, -0.25) is 9.59 Å². The zero-order valence-electron chi connectivity index (χ0n) is 12.6. The summed E-state index contributed by atoms with van der Waals surface area (Å²) in [6, 6.07) is 17.7. The fraction of sp³-hybridized carbons (Fsp3) is 0.176. The van der Waals surface area contributed by atoms with Gasteiger partial charge in [0.15, 0.2) is 6.04 Å². The lowest BCUT2D eigenvalue weighted by Crippen LogP contribution is -2.50. The van der Waals surface area contributed by atoms with E-state index < -0.39 is 17.9 Å². The maximum absolute atomic E-state index is 11.9. The first kappa shape index (κ1) is 18.7. The Hall–Kier alpha value is -2.37. The van der Waals surface area contributed by atoms with Crippen molar-refractivity contribution in [2.45, 2.75) is 19.1 Å². The van der Waals surface area contributed by atoms with Crippen molar-refractivity contribution in [2.75, 3.05) is 0 Å². The highest BCUT2D eigenvalue weighted by Gasteiger charge is 2.21. The third-order valence-corrected chi connectivity index (χ3v) is 3.18. The summed E-state index contributed by atoms with van der Waals surface area (Å²) >= 11 is 0. The van der Waals surface area contributed by atoms with Crippen molar-refractivity contribution in [2.24, 2.45) is 5.73 Å². The van der Waals surface area contributed by atoms with E-state index in [1.807, 2.05) is 60.7 Å². The highest BCUT2D eigenvalue weighted by Crippen LogP contribution is 1.99. The molecule has 2 aromatic carbocycles. The fourth-order valence-electron chi connectivity index (χ4n) is 1.91. The minimum absolute atomic E-state index is 0. The molecule has 0 aliphatic heterocycles. The van der Waals surface area contributed by atoms with Gasteiger partial charge in [-0.05, 0) is 11.1 Å². The molecule has 23 heavy (non-hydrogen) atoms. The first-order valence-electron chi connectivity index (χ1n) is 7.05. The average Bonchev–Trinajstić information content (AvgIpc) is 2.58. The van der Waals surface area contributed by atoms with Crippen LogP contribution < -0.4 is 16.4 Å². The number of benzene rings is 2. The molecule has 0 aromatic heterocycles. The molecule has 2 rings (SSSR count). The first-order valence-corrected chi connectivity index (χ1v) is 7.05. The number of rotatable bonds is 6. The zero-order valence-corrected chi connectivity index (χ0v) is 13.4. The average molecular weight is 334 g/mol. The Kier molecular flexibility index (Phi) is 7.80. The smallest absolute Gasteiger partial charge is 0.246 e. The highest BCUT2D eigenvalue weighted by atomic mass is 35.5. The van der Waals surface area contributed by atoms with E-state index >= 15 is 0 Å². The van der Waals surface area contributed by atoms with Crippen LogP contribution in [0.4, 0.5) is 0 Å². The number of hydrogen-bond acceptors (Lipinski definition) is 3. The second kappa shape index (κ2) is 9.61. The normalized spacial score (nSPS) is 9.83. The van der Waals surface area contributed by atoms with Crippen molar-refractivity contribution >= 4 is 24.2 Å². The molecule has 0 saturated heterocycles. The monoisotopic (exact) mass is 333 g/mol. The summed E-state index contributed by atoms with van der Waals surface area (Å²) < 4.78 is 0. The molecule has 6 heteroatoms. The summed E-state index contributed by atoms with van der Waals surface area (Å²) in [6.07, 6.45) is 0. The number of amides is 2. The van der Waals surface area contributed by atoms with Crippen LogP contribution in [0.15, 0.2) is 60.7 Å². The topological polar surface area (TPSA) is 84.2 Å². The number of halogens is 1. The van der Waals surface area contributed by atoms with Gasteiger partial charge in [0.2, 0.25) is 11.8 Å². The first-order chi connectivity index (χ1) is 10.7. The Morgan fingerprint density at radius 3 is 1.48 bits per heavy atom. The second-order valence-corrected chi connectivity index (χ2v) is 4.88. The van der Waals surface area contributed by atoms with Crippen LogP contribution in [0.5, 0.6) is 0 Å². The maximum atomic E-state index is 11.9. The number of carbonyl (C=O) groups excluding carboxylic acids is 2. The van der Waals surface area contributed by atoms with Crippen molar-refractivity contribution < 1.29 is 9.59 Å². The van der Waals surface area contributed by atoms with Crippen molar-refractivity contribution in [1.82, 2.24) is 10.6 Å². The van der Waals surface area contributed by atoms with E-state index in [4.69, 9.17) is 5.73 Å². The number of carbonyl (C=O) groups is 2. The molecule has 0 heterocycles. The van der Waals surface area contributed by atoms with Crippen molar-refractivity contribution in [3.8, 4) is 0 Å². The molecule has 0 radical (unpaired) electrons. The standard InChI is InChI=1S/C17H19N3O2.ClH/c18-15(16(21)19-11-13-7-3-1-4-8-13)17(22)20-12-14-9-5-2-6-10-14;/h1-10,15H,11-12,18H2,(H,19,21)(H,20,22);1H. The van der Waals surface area contributed by atoms with Crippen LogP contribution in [0.25, 0.3) is 0 Å². The predicted octanol–water partition coefficient (Wildman–Crippen LogP) is 1.37. The molecule has 0 unspecified atom stereocenters. The van der Waals surface area contributed by atoms with Gasteiger partial charge in [0.05, 0.1) is 0 Å². The molecule has 0 fully saturated rings. The van der Waals surface area contributed by atoms with Gasteiger partial charge in [-0.2, -0.15) is 0 Å². The Balaban J connectivity index is 0.00000264. The second-order valence-electron chi connectivity index (χ2n) is 4.88. The SMILES string of the molecule is Cl.NC(C(=O)NCc1ccccc1)C(=O)NCc1ccccc1.